The van der Waals surface area contributed by atoms with E-state index in [9.17, 15) is 8.78 Å². The molecule has 20 heavy (non-hydrogen) atoms. The van der Waals surface area contributed by atoms with E-state index in [2.05, 4.69) is 0 Å². The van der Waals surface area contributed by atoms with Gasteiger partial charge in [0, 0.05) is 17.0 Å². The highest BCUT2D eigenvalue weighted by Crippen LogP contribution is 2.34. The van der Waals surface area contributed by atoms with Gasteiger partial charge in [-0.1, -0.05) is 41.9 Å². The fourth-order valence-electron chi connectivity index (χ4n) is 2.07. The summed E-state index contributed by atoms with van der Waals surface area (Å²) in [6.07, 6.45) is -1.97. The number of alkyl halides is 3. The molecule has 0 N–H and O–H groups in total. The summed E-state index contributed by atoms with van der Waals surface area (Å²) in [7, 11) is 0. The van der Waals surface area contributed by atoms with Gasteiger partial charge in [0.05, 0.1) is 5.38 Å². The molecule has 0 saturated heterocycles. The van der Waals surface area contributed by atoms with E-state index in [-0.39, 0.29) is 12.0 Å². The molecule has 2 aromatic carbocycles. The van der Waals surface area contributed by atoms with Crippen molar-refractivity contribution < 1.29 is 13.5 Å². The van der Waals surface area contributed by atoms with Gasteiger partial charge in [-0.25, -0.2) is 8.78 Å². The summed E-state index contributed by atoms with van der Waals surface area (Å²) in [6.45, 7) is -0.347. The highest BCUT2D eigenvalue weighted by molar-refractivity contribution is 6.35. The van der Waals surface area contributed by atoms with Crippen LogP contribution in [0.5, 0.6) is 0 Å². The van der Waals surface area contributed by atoms with E-state index in [1.54, 1.807) is 6.07 Å². The topological polar surface area (TPSA) is 9.23 Å². The smallest absolute Gasteiger partial charge is 0.261 e. The molecule has 0 fully saturated rings. The average molecular weight is 319 g/mol. The Morgan fingerprint density at radius 2 is 1.75 bits per heavy atom. The largest absolute Gasteiger partial charge is 0.375 e. The molecule has 1 nitrogen and oxygen atoms in total. The first-order chi connectivity index (χ1) is 9.59. The molecule has 0 aliphatic rings. The van der Waals surface area contributed by atoms with E-state index in [0.29, 0.717) is 11.4 Å². The monoisotopic (exact) mass is 318 g/mol. The van der Waals surface area contributed by atoms with Crippen molar-refractivity contribution in [1.82, 2.24) is 0 Å². The Morgan fingerprint density at radius 3 is 2.45 bits per heavy atom. The van der Waals surface area contributed by atoms with Gasteiger partial charge in [0.25, 0.3) is 6.43 Å². The fraction of sp³-hybridized carbons (Fsp3) is 0.333. The predicted molar refractivity (Wildman–Crippen MR) is 79.0 cm³/mol. The number of hydrogen-bond donors (Lipinski definition) is 0. The van der Waals surface area contributed by atoms with E-state index in [4.69, 9.17) is 27.9 Å². The van der Waals surface area contributed by atoms with Crippen molar-refractivity contribution in [3.63, 3.8) is 0 Å². The molecule has 108 valence electrons. The van der Waals surface area contributed by atoms with Crippen LogP contribution in [-0.2, 0) is 4.74 Å². The first kappa shape index (κ1) is 15.5. The molecule has 2 aromatic rings. The molecule has 0 aliphatic carbocycles. The highest BCUT2D eigenvalue weighted by Gasteiger charge is 2.13. The molecule has 1 atom stereocenters. The first-order valence-electron chi connectivity index (χ1n) is 6.26. The number of fused-ring (bicyclic) bond motifs is 1. The summed E-state index contributed by atoms with van der Waals surface area (Å²) >= 11 is 12.5. The summed E-state index contributed by atoms with van der Waals surface area (Å²) < 4.78 is 28.8. The maximum Gasteiger partial charge on any atom is 0.261 e. The third-order valence-electron chi connectivity index (χ3n) is 3.00. The minimum Gasteiger partial charge on any atom is -0.375 e. The van der Waals surface area contributed by atoms with Gasteiger partial charge in [-0.2, -0.15) is 0 Å². The Balaban J connectivity index is 2.10. The van der Waals surface area contributed by atoms with Crippen LogP contribution < -0.4 is 0 Å². The zero-order valence-electron chi connectivity index (χ0n) is 10.7. The third-order valence-corrected chi connectivity index (χ3v) is 3.78. The number of ether oxygens (including phenoxy) is 1. The second kappa shape index (κ2) is 7.21. The Hall–Kier alpha value is -0.900. The summed E-state index contributed by atoms with van der Waals surface area (Å²) in [4.78, 5) is 0. The van der Waals surface area contributed by atoms with E-state index in [1.807, 2.05) is 30.3 Å². The van der Waals surface area contributed by atoms with Gasteiger partial charge >= 0.3 is 0 Å². The fourth-order valence-corrected chi connectivity index (χ4v) is 2.58. The van der Waals surface area contributed by atoms with Crippen molar-refractivity contribution in [2.24, 2.45) is 0 Å². The molecule has 0 spiro atoms. The molecule has 0 amide bonds. The average Bonchev–Trinajstić information content (AvgIpc) is 2.44. The lowest BCUT2D eigenvalue weighted by Crippen LogP contribution is -2.07. The molecule has 0 bridgehead atoms. The maximum atomic E-state index is 12.0. The lowest BCUT2D eigenvalue weighted by molar-refractivity contribution is 0.0165. The molecular weight excluding hydrogens is 305 g/mol. The maximum absolute atomic E-state index is 12.0. The van der Waals surface area contributed by atoms with Gasteiger partial charge in [0.1, 0.15) is 6.61 Å². The van der Waals surface area contributed by atoms with Crippen LogP contribution in [0, 0.1) is 0 Å². The van der Waals surface area contributed by atoms with Gasteiger partial charge in [-0.3, -0.25) is 0 Å². The van der Waals surface area contributed by atoms with Crippen LogP contribution in [0.15, 0.2) is 36.4 Å². The van der Waals surface area contributed by atoms with E-state index in [1.165, 1.54) is 0 Å². The van der Waals surface area contributed by atoms with Crippen LogP contribution in [-0.4, -0.2) is 19.6 Å². The van der Waals surface area contributed by atoms with E-state index >= 15 is 0 Å². The lowest BCUT2D eigenvalue weighted by atomic mass is 10.0. The van der Waals surface area contributed by atoms with Gasteiger partial charge in [-0.05, 0) is 23.4 Å². The summed E-state index contributed by atoms with van der Waals surface area (Å²) in [6, 6.07) is 11.4. The van der Waals surface area contributed by atoms with Crippen molar-refractivity contribution >= 4 is 34.0 Å². The number of hydrogen-bond acceptors (Lipinski definition) is 1. The van der Waals surface area contributed by atoms with E-state index in [0.717, 1.165) is 16.3 Å². The molecule has 0 aliphatic heterocycles. The Bertz CT molecular complexity index is 575. The van der Waals surface area contributed by atoms with E-state index < -0.39 is 13.0 Å². The van der Waals surface area contributed by atoms with Crippen LogP contribution in [0.1, 0.15) is 17.4 Å². The third kappa shape index (κ3) is 3.81. The van der Waals surface area contributed by atoms with Gasteiger partial charge in [-0.15, -0.1) is 11.6 Å². The molecular formula is C15H14Cl2F2O. The Labute approximate surface area is 126 Å². The zero-order valence-corrected chi connectivity index (χ0v) is 12.2. The SMILES string of the molecule is FC(F)COCCC(Cl)c1ccc(Cl)c2ccccc12. The van der Waals surface area contributed by atoms with Crippen molar-refractivity contribution in [3.05, 3.63) is 47.0 Å². The van der Waals surface area contributed by atoms with Crippen molar-refractivity contribution in [2.75, 3.05) is 13.2 Å². The molecule has 1 unspecified atom stereocenters. The van der Waals surface area contributed by atoms with Crippen molar-refractivity contribution in [3.8, 4) is 0 Å². The second-order valence-electron chi connectivity index (χ2n) is 4.40. The number of benzene rings is 2. The molecule has 0 radical (unpaired) electrons. The summed E-state index contributed by atoms with van der Waals surface area (Å²) in [5.74, 6) is 0. The van der Waals surface area contributed by atoms with Crippen LogP contribution in [0.2, 0.25) is 5.02 Å². The summed E-state index contributed by atoms with van der Waals surface area (Å²) in [5, 5.41) is 2.29. The minimum absolute atomic E-state index is 0.204. The van der Waals surface area contributed by atoms with Gasteiger partial charge < -0.3 is 4.74 Å². The molecule has 0 saturated carbocycles. The van der Waals surface area contributed by atoms with Crippen LogP contribution >= 0.6 is 23.2 Å². The predicted octanol–water partition coefficient (Wildman–Crippen LogP) is 5.44. The standard InChI is InChI=1S/C15H14Cl2F2O/c16-13-6-5-12(10-3-1-2-4-11(10)13)14(17)7-8-20-9-15(18)19/h1-6,14-15H,7-9H2. The van der Waals surface area contributed by atoms with Gasteiger partial charge in [0.15, 0.2) is 0 Å². The van der Waals surface area contributed by atoms with Crippen LogP contribution in [0.25, 0.3) is 10.8 Å². The van der Waals surface area contributed by atoms with Crippen LogP contribution in [0.4, 0.5) is 8.78 Å². The quantitative estimate of drug-likeness (QED) is 0.508. The van der Waals surface area contributed by atoms with Crippen molar-refractivity contribution in [2.45, 2.75) is 18.2 Å². The Morgan fingerprint density at radius 1 is 1.05 bits per heavy atom. The molecule has 0 heterocycles. The first-order valence-corrected chi connectivity index (χ1v) is 7.08. The second-order valence-corrected chi connectivity index (χ2v) is 5.34. The lowest BCUT2D eigenvalue weighted by Gasteiger charge is -2.14. The van der Waals surface area contributed by atoms with Crippen LogP contribution in [0.3, 0.4) is 0 Å². The minimum atomic E-state index is -2.44. The number of halogens is 4. The zero-order chi connectivity index (χ0) is 14.5. The Kier molecular flexibility index (Phi) is 5.58. The highest BCUT2D eigenvalue weighted by atomic mass is 35.5. The molecule has 2 rings (SSSR count). The molecule has 0 aromatic heterocycles. The number of rotatable bonds is 6. The summed E-state index contributed by atoms with van der Waals surface area (Å²) in [5.41, 5.74) is 0.937. The normalized spacial score (nSPS) is 13.1. The molecule has 5 heteroatoms. The van der Waals surface area contributed by atoms with Crippen molar-refractivity contribution in [1.29, 1.82) is 0 Å². The van der Waals surface area contributed by atoms with Gasteiger partial charge in [0.2, 0.25) is 0 Å².